The standard InChI is InChI=1S/C19H26N4O2/c1-14-5-4-6-16(11-14)25-10-8-20-19(24)15(2)23-9-7-18-17(12-23)21-13-22(18)3/h4-6,11,13,15H,7-10,12H2,1-3H3,(H,20,24). The van der Waals surface area contributed by atoms with Crippen LogP contribution in [-0.2, 0) is 24.8 Å². The third-order valence-electron chi connectivity index (χ3n) is 4.72. The minimum absolute atomic E-state index is 0.0345. The largest absolute Gasteiger partial charge is 0.492 e. The van der Waals surface area contributed by atoms with Crippen LogP contribution in [0.5, 0.6) is 5.75 Å². The van der Waals surface area contributed by atoms with Crippen LogP contribution in [0, 0.1) is 6.92 Å². The highest BCUT2D eigenvalue weighted by atomic mass is 16.5. The molecule has 6 nitrogen and oxygen atoms in total. The van der Waals surface area contributed by atoms with Crippen LogP contribution >= 0.6 is 0 Å². The Morgan fingerprint density at radius 1 is 1.44 bits per heavy atom. The molecule has 0 saturated heterocycles. The lowest BCUT2D eigenvalue weighted by Crippen LogP contribution is -2.47. The zero-order valence-electron chi connectivity index (χ0n) is 15.2. The molecule has 2 aromatic rings. The van der Waals surface area contributed by atoms with Gasteiger partial charge in [0.2, 0.25) is 5.91 Å². The predicted molar refractivity (Wildman–Crippen MR) is 96.5 cm³/mol. The molecule has 0 spiro atoms. The molecule has 0 fully saturated rings. The van der Waals surface area contributed by atoms with E-state index in [9.17, 15) is 4.79 Å². The van der Waals surface area contributed by atoms with E-state index >= 15 is 0 Å². The van der Waals surface area contributed by atoms with E-state index in [4.69, 9.17) is 4.74 Å². The number of imidazole rings is 1. The zero-order chi connectivity index (χ0) is 17.8. The quantitative estimate of drug-likeness (QED) is 0.812. The van der Waals surface area contributed by atoms with E-state index in [-0.39, 0.29) is 11.9 Å². The molecule has 6 heteroatoms. The number of fused-ring (bicyclic) bond motifs is 1. The molecule has 1 atom stereocenters. The van der Waals surface area contributed by atoms with Gasteiger partial charge in [0.1, 0.15) is 12.4 Å². The summed E-state index contributed by atoms with van der Waals surface area (Å²) in [6, 6.07) is 7.74. The first kappa shape index (κ1) is 17.5. The fraction of sp³-hybridized carbons (Fsp3) is 0.474. The molecule has 0 bridgehead atoms. The lowest BCUT2D eigenvalue weighted by Gasteiger charge is -2.31. The van der Waals surface area contributed by atoms with Crippen LogP contribution in [0.4, 0.5) is 0 Å². The Morgan fingerprint density at radius 3 is 3.08 bits per heavy atom. The molecule has 1 aromatic carbocycles. The van der Waals surface area contributed by atoms with E-state index in [0.29, 0.717) is 13.2 Å². The first-order valence-electron chi connectivity index (χ1n) is 8.75. The first-order chi connectivity index (χ1) is 12.0. The van der Waals surface area contributed by atoms with Crippen molar-refractivity contribution >= 4 is 5.91 Å². The fourth-order valence-electron chi connectivity index (χ4n) is 3.17. The molecule has 1 aliphatic rings. The van der Waals surface area contributed by atoms with E-state index in [1.165, 1.54) is 5.69 Å². The molecular weight excluding hydrogens is 316 g/mol. The molecule has 134 valence electrons. The van der Waals surface area contributed by atoms with Gasteiger partial charge in [0.25, 0.3) is 0 Å². The monoisotopic (exact) mass is 342 g/mol. The maximum atomic E-state index is 12.4. The average Bonchev–Trinajstić information content (AvgIpc) is 2.98. The summed E-state index contributed by atoms with van der Waals surface area (Å²) in [5, 5.41) is 2.96. The number of aryl methyl sites for hydroxylation is 2. The van der Waals surface area contributed by atoms with Crippen molar-refractivity contribution in [1.82, 2.24) is 19.8 Å². The number of amides is 1. The molecular formula is C19H26N4O2. The molecule has 25 heavy (non-hydrogen) atoms. The molecule has 1 N–H and O–H groups in total. The minimum Gasteiger partial charge on any atom is -0.492 e. The lowest BCUT2D eigenvalue weighted by molar-refractivity contribution is -0.126. The summed E-state index contributed by atoms with van der Waals surface area (Å²) in [5.41, 5.74) is 3.51. The van der Waals surface area contributed by atoms with Crippen molar-refractivity contribution in [3.63, 3.8) is 0 Å². The molecule has 3 rings (SSSR count). The summed E-state index contributed by atoms with van der Waals surface area (Å²) in [6.07, 6.45) is 2.78. The van der Waals surface area contributed by atoms with Crippen LogP contribution in [0.2, 0.25) is 0 Å². The third kappa shape index (κ3) is 4.20. The number of aromatic nitrogens is 2. The number of nitrogens with one attached hydrogen (secondary N) is 1. The average molecular weight is 342 g/mol. The normalized spacial score (nSPS) is 15.5. The van der Waals surface area contributed by atoms with Gasteiger partial charge in [-0.05, 0) is 31.5 Å². The smallest absolute Gasteiger partial charge is 0.237 e. The molecule has 0 aliphatic carbocycles. The molecule has 1 aliphatic heterocycles. The summed E-state index contributed by atoms with van der Waals surface area (Å²) in [7, 11) is 2.02. The SMILES string of the molecule is Cc1cccc(OCCNC(=O)C(C)N2CCc3c(ncn3C)C2)c1. The van der Waals surface area contributed by atoms with E-state index in [2.05, 4.69) is 19.8 Å². The second-order valence-corrected chi connectivity index (χ2v) is 6.60. The van der Waals surface area contributed by atoms with Crippen LogP contribution in [0.25, 0.3) is 0 Å². The topological polar surface area (TPSA) is 59.4 Å². The highest BCUT2D eigenvalue weighted by Gasteiger charge is 2.27. The Labute approximate surface area is 148 Å². The van der Waals surface area contributed by atoms with Gasteiger partial charge in [-0.1, -0.05) is 12.1 Å². The molecule has 1 amide bonds. The van der Waals surface area contributed by atoms with Crippen molar-refractivity contribution in [2.24, 2.45) is 7.05 Å². The van der Waals surface area contributed by atoms with Gasteiger partial charge in [0, 0.05) is 32.3 Å². The van der Waals surface area contributed by atoms with Crippen LogP contribution in [0.15, 0.2) is 30.6 Å². The Balaban J connectivity index is 1.44. The van der Waals surface area contributed by atoms with Crippen LogP contribution < -0.4 is 10.1 Å². The first-order valence-corrected chi connectivity index (χ1v) is 8.75. The van der Waals surface area contributed by atoms with Crippen LogP contribution in [0.3, 0.4) is 0 Å². The van der Waals surface area contributed by atoms with Crippen LogP contribution in [0.1, 0.15) is 23.9 Å². The Kier molecular flexibility index (Phi) is 5.38. The number of rotatable bonds is 6. The van der Waals surface area contributed by atoms with E-state index in [0.717, 1.165) is 36.5 Å². The highest BCUT2D eigenvalue weighted by molar-refractivity contribution is 5.81. The Hall–Kier alpha value is -2.34. The van der Waals surface area contributed by atoms with Gasteiger partial charge in [-0.25, -0.2) is 4.98 Å². The minimum atomic E-state index is -0.172. The number of carbonyl (C=O) groups excluding carboxylic acids is 1. The molecule has 0 saturated carbocycles. The fourth-order valence-corrected chi connectivity index (χ4v) is 3.17. The predicted octanol–water partition coefficient (Wildman–Crippen LogP) is 1.67. The van der Waals surface area contributed by atoms with Gasteiger partial charge >= 0.3 is 0 Å². The maximum Gasteiger partial charge on any atom is 0.237 e. The van der Waals surface area contributed by atoms with Crippen molar-refractivity contribution in [2.75, 3.05) is 19.7 Å². The van der Waals surface area contributed by atoms with Crippen molar-refractivity contribution < 1.29 is 9.53 Å². The van der Waals surface area contributed by atoms with Crippen molar-refractivity contribution in [2.45, 2.75) is 32.9 Å². The number of hydrogen-bond acceptors (Lipinski definition) is 4. The van der Waals surface area contributed by atoms with Crippen LogP contribution in [-0.4, -0.2) is 46.1 Å². The van der Waals surface area contributed by atoms with Crippen molar-refractivity contribution in [3.8, 4) is 5.75 Å². The van der Waals surface area contributed by atoms with Crippen molar-refractivity contribution in [3.05, 3.63) is 47.5 Å². The maximum absolute atomic E-state index is 12.4. The second kappa shape index (κ2) is 7.70. The summed E-state index contributed by atoms with van der Waals surface area (Å²) in [5.74, 6) is 0.869. The van der Waals surface area contributed by atoms with Gasteiger partial charge in [-0.3, -0.25) is 9.69 Å². The zero-order valence-corrected chi connectivity index (χ0v) is 15.2. The molecule has 1 unspecified atom stereocenters. The Bertz CT molecular complexity index is 741. The van der Waals surface area contributed by atoms with E-state index in [1.54, 1.807) is 0 Å². The van der Waals surface area contributed by atoms with E-state index < -0.39 is 0 Å². The highest BCUT2D eigenvalue weighted by Crippen LogP contribution is 2.18. The number of carbonyl (C=O) groups is 1. The summed E-state index contributed by atoms with van der Waals surface area (Å²) in [6.45, 7) is 6.55. The number of nitrogens with zero attached hydrogens (tertiary/aromatic N) is 3. The molecule has 1 aromatic heterocycles. The number of hydrogen-bond donors (Lipinski definition) is 1. The molecule has 2 heterocycles. The summed E-state index contributed by atoms with van der Waals surface area (Å²) in [4.78, 5) is 19.0. The Morgan fingerprint density at radius 2 is 2.28 bits per heavy atom. The van der Waals surface area contributed by atoms with Gasteiger partial charge in [0.05, 0.1) is 24.6 Å². The van der Waals surface area contributed by atoms with Gasteiger partial charge in [-0.2, -0.15) is 0 Å². The number of benzene rings is 1. The summed E-state index contributed by atoms with van der Waals surface area (Å²) >= 11 is 0. The molecule has 0 radical (unpaired) electrons. The van der Waals surface area contributed by atoms with Gasteiger partial charge in [-0.15, -0.1) is 0 Å². The second-order valence-electron chi connectivity index (χ2n) is 6.60. The lowest BCUT2D eigenvalue weighted by atomic mass is 10.1. The summed E-state index contributed by atoms with van der Waals surface area (Å²) < 4.78 is 7.74. The van der Waals surface area contributed by atoms with Crippen molar-refractivity contribution in [1.29, 1.82) is 0 Å². The van der Waals surface area contributed by atoms with Gasteiger partial charge in [0.15, 0.2) is 0 Å². The van der Waals surface area contributed by atoms with Gasteiger partial charge < -0.3 is 14.6 Å². The third-order valence-corrected chi connectivity index (χ3v) is 4.72. The number of ether oxygens (including phenoxy) is 1. The van der Waals surface area contributed by atoms with E-state index in [1.807, 2.05) is 51.5 Å².